The third-order valence-corrected chi connectivity index (χ3v) is 5.66. The predicted octanol–water partition coefficient (Wildman–Crippen LogP) is 4.85. The zero-order valence-electron chi connectivity index (χ0n) is 14.7. The van der Waals surface area contributed by atoms with Gasteiger partial charge >= 0.3 is 0 Å². The smallest absolute Gasteiger partial charge is 0.269 e. The van der Waals surface area contributed by atoms with Crippen molar-refractivity contribution in [1.82, 2.24) is 9.55 Å². The van der Waals surface area contributed by atoms with Crippen LogP contribution in [0.15, 0.2) is 78.9 Å². The third-order valence-electron chi connectivity index (χ3n) is 5.66. The molecule has 0 aliphatic carbocycles. The number of non-ortho nitro benzene ring substituents is 1. The molecule has 1 aromatic heterocycles. The monoisotopic (exact) mass is 355 g/mol. The fraction of sp³-hybridized carbons (Fsp3) is 0.136. The van der Waals surface area contributed by atoms with E-state index in [0.717, 1.165) is 22.4 Å². The van der Waals surface area contributed by atoms with Gasteiger partial charge in [0.05, 0.1) is 27.4 Å². The van der Waals surface area contributed by atoms with E-state index in [-0.39, 0.29) is 22.1 Å². The highest BCUT2D eigenvalue weighted by Gasteiger charge is 2.53. The lowest BCUT2D eigenvalue weighted by Gasteiger charge is -2.48. The Balaban J connectivity index is 1.74. The summed E-state index contributed by atoms with van der Waals surface area (Å²) in [7, 11) is 0. The number of nitro groups is 1. The molecule has 0 N–H and O–H groups in total. The van der Waals surface area contributed by atoms with E-state index < -0.39 is 0 Å². The predicted molar refractivity (Wildman–Crippen MR) is 104 cm³/mol. The van der Waals surface area contributed by atoms with Crippen LogP contribution in [0.25, 0.3) is 11.0 Å². The van der Waals surface area contributed by atoms with E-state index >= 15 is 0 Å². The van der Waals surface area contributed by atoms with Gasteiger partial charge in [0.25, 0.3) is 5.69 Å². The van der Waals surface area contributed by atoms with E-state index in [0.29, 0.717) is 0 Å². The van der Waals surface area contributed by atoms with Crippen molar-refractivity contribution in [2.45, 2.75) is 18.4 Å². The van der Waals surface area contributed by atoms with E-state index in [9.17, 15) is 10.1 Å². The first kappa shape index (κ1) is 15.8. The highest BCUT2D eigenvalue weighted by Crippen LogP contribution is 2.54. The standard InChI is InChI=1S/C22H17N3O2/c1-22(16-7-3-2-4-8-16)20(15-11-13-17(14-12-15)25(26)27)24-19-10-6-5-9-18(19)23-21(22)24/h2-14,20H,1H3/t20-,22-/m0/s1. The molecule has 5 rings (SSSR count). The quantitative estimate of drug-likeness (QED) is 0.390. The summed E-state index contributed by atoms with van der Waals surface area (Å²) < 4.78 is 2.25. The van der Waals surface area contributed by atoms with Crippen LogP contribution in [-0.4, -0.2) is 14.5 Å². The molecule has 0 amide bonds. The molecule has 2 atom stereocenters. The van der Waals surface area contributed by atoms with Crippen LogP contribution in [0.5, 0.6) is 0 Å². The van der Waals surface area contributed by atoms with Gasteiger partial charge in [-0.1, -0.05) is 54.6 Å². The molecule has 0 radical (unpaired) electrons. The summed E-state index contributed by atoms with van der Waals surface area (Å²) in [5, 5.41) is 11.0. The van der Waals surface area contributed by atoms with Crippen LogP contribution < -0.4 is 0 Å². The van der Waals surface area contributed by atoms with Crippen molar-refractivity contribution in [1.29, 1.82) is 0 Å². The van der Waals surface area contributed by atoms with E-state index in [1.807, 2.05) is 48.5 Å². The maximum atomic E-state index is 11.0. The maximum absolute atomic E-state index is 11.0. The van der Waals surface area contributed by atoms with E-state index in [1.165, 1.54) is 5.56 Å². The first-order valence-corrected chi connectivity index (χ1v) is 8.88. The van der Waals surface area contributed by atoms with E-state index in [2.05, 4.69) is 29.7 Å². The lowest BCUT2D eigenvalue weighted by Crippen LogP contribution is -2.48. The molecule has 1 aliphatic heterocycles. The van der Waals surface area contributed by atoms with E-state index in [1.54, 1.807) is 12.1 Å². The fourth-order valence-corrected chi connectivity index (χ4v) is 4.32. The third kappa shape index (κ3) is 2.08. The second-order valence-corrected chi connectivity index (χ2v) is 7.11. The SMILES string of the molecule is C[C@@]1(c2ccccc2)c2nc3ccccc3n2[C@H]1c1ccc([N+](=O)[O-])cc1. The van der Waals surface area contributed by atoms with Gasteiger partial charge in [0.1, 0.15) is 5.82 Å². The Kier molecular flexibility index (Phi) is 3.22. The number of aromatic nitrogens is 2. The summed E-state index contributed by atoms with van der Waals surface area (Å²) in [5.41, 5.74) is 4.11. The van der Waals surface area contributed by atoms with Crippen molar-refractivity contribution in [2.24, 2.45) is 0 Å². The van der Waals surface area contributed by atoms with Gasteiger partial charge < -0.3 is 4.57 Å². The molecule has 2 heterocycles. The molecule has 0 spiro atoms. The van der Waals surface area contributed by atoms with Gasteiger partial charge in [0.2, 0.25) is 0 Å². The van der Waals surface area contributed by atoms with E-state index in [4.69, 9.17) is 4.98 Å². The van der Waals surface area contributed by atoms with Crippen LogP contribution in [0.3, 0.4) is 0 Å². The summed E-state index contributed by atoms with van der Waals surface area (Å²) in [5.74, 6) is 1.03. The number of para-hydroxylation sites is 2. The number of hydrogen-bond acceptors (Lipinski definition) is 3. The molecule has 5 nitrogen and oxygen atoms in total. The summed E-state index contributed by atoms with van der Waals surface area (Å²) in [6.45, 7) is 2.20. The average Bonchev–Trinajstić information content (AvgIpc) is 3.05. The zero-order chi connectivity index (χ0) is 18.6. The highest BCUT2D eigenvalue weighted by atomic mass is 16.6. The second kappa shape index (κ2) is 5.51. The van der Waals surface area contributed by atoms with Crippen LogP contribution in [0.2, 0.25) is 0 Å². The molecule has 3 aromatic carbocycles. The largest absolute Gasteiger partial charge is 0.318 e. The normalized spacial score (nSPS) is 20.9. The molecule has 0 fully saturated rings. The lowest BCUT2D eigenvalue weighted by molar-refractivity contribution is -0.384. The number of benzene rings is 3. The second-order valence-electron chi connectivity index (χ2n) is 7.11. The molecule has 1 aliphatic rings. The summed E-state index contributed by atoms with van der Waals surface area (Å²) in [6, 6.07) is 25.4. The summed E-state index contributed by atoms with van der Waals surface area (Å²) in [4.78, 5) is 15.6. The molecule has 0 saturated heterocycles. The van der Waals surface area contributed by atoms with Crippen molar-refractivity contribution >= 4 is 16.7 Å². The minimum atomic E-state index is -0.362. The van der Waals surface area contributed by atoms with Crippen LogP contribution in [-0.2, 0) is 5.41 Å². The molecule has 0 bridgehead atoms. The van der Waals surface area contributed by atoms with Gasteiger partial charge in [-0.3, -0.25) is 10.1 Å². The molecule has 0 unspecified atom stereocenters. The Morgan fingerprint density at radius 2 is 1.63 bits per heavy atom. The molecular weight excluding hydrogens is 338 g/mol. The van der Waals surface area contributed by atoms with Crippen molar-refractivity contribution in [2.75, 3.05) is 0 Å². The van der Waals surface area contributed by atoms with Crippen molar-refractivity contribution in [3.05, 3.63) is 106 Å². The van der Waals surface area contributed by atoms with Crippen LogP contribution in [0, 0.1) is 10.1 Å². The maximum Gasteiger partial charge on any atom is 0.269 e. The van der Waals surface area contributed by atoms with Gasteiger partial charge in [0.15, 0.2) is 0 Å². The first-order valence-electron chi connectivity index (χ1n) is 8.88. The fourth-order valence-electron chi connectivity index (χ4n) is 4.32. The number of imidazole rings is 1. The number of hydrogen-bond donors (Lipinski definition) is 0. The van der Waals surface area contributed by atoms with Gasteiger partial charge in [-0.05, 0) is 30.2 Å². The van der Waals surface area contributed by atoms with Crippen molar-refractivity contribution in [3.63, 3.8) is 0 Å². The van der Waals surface area contributed by atoms with Crippen molar-refractivity contribution in [3.8, 4) is 0 Å². The van der Waals surface area contributed by atoms with Crippen LogP contribution >= 0.6 is 0 Å². The Morgan fingerprint density at radius 1 is 0.963 bits per heavy atom. The van der Waals surface area contributed by atoms with Crippen LogP contribution in [0.4, 0.5) is 5.69 Å². The van der Waals surface area contributed by atoms with Gasteiger partial charge in [-0.15, -0.1) is 0 Å². The Bertz CT molecular complexity index is 1170. The first-order chi connectivity index (χ1) is 13.1. The lowest BCUT2D eigenvalue weighted by atomic mass is 9.67. The van der Waals surface area contributed by atoms with Gasteiger partial charge in [-0.25, -0.2) is 4.98 Å². The minimum absolute atomic E-state index is 0.0307. The Hall–Kier alpha value is -3.47. The highest BCUT2D eigenvalue weighted by molar-refractivity contribution is 5.79. The minimum Gasteiger partial charge on any atom is -0.318 e. The van der Waals surface area contributed by atoms with Gasteiger partial charge in [-0.2, -0.15) is 0 Å². The number of nitro benzene ring substituents is 1. The van der Waals surface area contributed by atoms with Crippen LogP contribution in [0.1, 0.15) is 29.9 Å². The number of fused-ring (bicyclic) bond motifs is 3. The topological polar surface area (TPSA) is 61.0 Å². The zero-order valence-corrected chi connectivity index (χ0v) is 14.7. The summed E-state index contributed by atoms with van der Waals surface area (Å²) >= 11 is 0. The average molecular weight is 355 g/mol. The molecular formula is C22H17N3O2. The molecule has 132 valence electrons. The molecule has 5 heteroatoms. The molecule has 4 aromatic rings. The van der Waals surface area contributed by atoms with Gasteiger partial charge in [0, 0.05) is 12.1 Å². The Labute approximate surface area is 156 Å². The summed E-state index contributed by atoms with van der Waals surface area (Å²) in [6.07, 6.45) is 0. The Morgan fingerprint density at radius 3 is 2.33 bits per heavy atom. The molecule has 0 saturated carbocycles. The molecule has 27 heavy (non-hydrogen) atoms. The van der Waals surface area contributed by atoms with Crippen molar-refractivity contribution < 1.29 is 4.92 Å². The number of rotatable bonds is 3. The number of nitrogens with zero attached hydrogens (tertiary/aromatic N) is 3.